The van der Waals surface area contributed by atoms with Gasteiger partial charge in [0.05, 0.1) is 6.61 Å². The molecule has 6 N–H and O–H groups in total. The second kappa shape index (κ2) is 6.29. The highest BCUT2D eigenvalue weighted by Crippen LogP contribution is 2.27. The summed E-state index contributed by atoms with van der Waals surface area (Å²) in [5.74, 6) is -0.508. The lowest BCUT2D eigenvalue weighted by molar-refractivity contribution is -0.0545. The van der Waals surface area contributed by atoms with E-state index in [1.54, 1.807) is 0 Å². The molecule has 1 saturated heterocycles. The molecule has 2 heterocycles. The fourth-order valence-electron chi connectivity index (χ4n) is 1.92. The first-order valence-corrected chi connectivity index (χ1v) is 5.51. The number of hydrogen-bond acceptors (Lipinski definition) is 7. The van der Waals surface area contributed by atoms with Crippen LogP contribution in [0.25, 0.3) is 0 Å². The second-order valence-electron chi connectivity index (χ2n) is 4.13. The van der Waals surface area contributed by atoms with Gasteiger partial charge in [0.2, 0.25) is 0 Å². The lowest BCUT2D eigenvalue weighted by Gasteiger charge is -2.17. The highest BCUT2D eigenvalue weighted by molar-refractivity contribution is 5.92. The fraction of sp³-hybridized carbons (Fsp3) is 0.500. The maximum absolute atomic E-state index is 12.0. The number of rotatable bonds is 3. The van der Waals surface area contributed by atoms with E-state index in [1.165, 1.54) is 12.4 Å². The molecule has 0 radical (unpaired) electrons. The van der Waals surface area contributed by atoms with Crippen LogP contribution in [0.15, 0.2) is 17.2 Å². The maximum atomic E-state index is 12.0. The summed E-state index contributed by atoms with van der Waals surface area (Å²) in [6, 6.07) is 0. The molecule has 20 heavy (non-hydrogen) atoms. The Bertz CT molecular complexity index is 551. The van der Waals surface area contributed by atoms with Gasteiger partial charge in [-0.25, -0.2) is 4.98 Å². The van der Waals surface area contributed by atoms with Gasteiger partial charge < -0.3 is 25.8 Å². The van der Waals surface area contributed by atoms with Gasteiger partial charge in [-0.1, -0.05) is 0 Å². The van der Waals surface area contributed by atoms with E-state index in [2.05, 4.69) is 4.98 Å². The number of aliphatic hydroxyl groups is 3. The lowest BCUT2D eigenvalue weighted by atomic mass is 10.1. The molecular formula is C10H15ClN4O5. The number of nitrogens with zero attached hydrogens (tertiary/aromatic N) is 2. The van der Waals surface area contributed by atoms with Crippen LogP contribution in [0.4, 0.5) is 0 Å². The molecule has 112 valence electrons. The normalized spacial score (nSPS) is 28.9. The van der Waals surface area contributed by atoms with Crippen LogP contribution in [-0.4, -0.2) is 55.6 Å². The summed E-state index contributed by atoms with van der Waals surface area (Å²) >= 11 is 0. The van der Waals surface area contributed by atoms with Crippen molar-refractivity contribution < 1.29 is 20.1 Å². The van der Waals surface area contributed by atoms with Crippen LogP contribution >= 0.6 is 12.4 Å². The second-order valence-corrected chi connectivity index (χ2v) is 4.13. The van der Waals surface area contributed by atoms with Crippen LogP contribution in [0, 0.1) is 5.41 Å². The first-order valence-electron chi connectivity index (χ1n) is 5.51. The zero-order chi connectivity index (χ0) is 14.2. The van der Waals surface area contributed by atoms with Crippen LogP contribution in [0.2, 0.25) is 0 Å². The fourth-order valence-corrected chi connectivity index (χ4v) is 1.92. The maximum Gasteiger partial charge on any atom is 0.282 e. The third kappa shape index (κ3) is 2.67. The molecule has 10 heteroatoms. The molecule has 1 aliphatic rings. The zero-order valence-electron chi connectivity index (χ0n) is 10.2. The molecule has 0 saturated carbocycles. The minimum atomic E-state index is -1.38. The van der Waals surface area contributed by atoms with Crippen molar-refractivity contribution in [2.24, 2.45) is 5.73 Å². The SMILES string of the molecule is Cl.N=C(N)c1nccn([C@@H]2O[C@H](CO)[C@@H](O)[C@H]2O)c1=O. The first kappa shape index (κ1) is 16.5. The standard InChI is InChI=1S/C10H14N4O5.ClH/c11-8(12)5-9(18)14(2-1-13-5)10-7(17)6(16)4(3-15)19-10;/h1-2,4,6-7,10,15-17H,3H2,(H3,11,12);1H/t4-,6-,7-,10-;/m1./s1. The molecule has 2 rings (SSSR count). The number of hydrogen-bond donors (Lipinski definition) is 5. The number of ether oxygens (including phenoxy) is 1. The number of amidine groups is 1. The van der Waals surface area contributed by atoms with E-state index in [4.69, 9.17) is 21.0 Å². The van der Waals surface area contributed by atoms with E-state index in [-0.39, 0.29) is 18.1 Å². The van der Waals surface area contributed by atoms with Gasteiger partial charge in [0.25, 0.3) is 5.56 Å². The Morgan fingerprint density at radius 2 is 2.15 bits per heavy atom. The lowest BCUT2D eigenvalue weighted by Crippen LogP contribution is -2.38. The van der Waals surface area contributed by atoms with Gasteiger partial charge in [0, 0.05) is 12.4 Å². The van der Waals surface area contributed by atoms with Crippen molar-refractivity contribution in [2.75, 3.05) is 6.61 Å². The highest BCUT2D eigenvalue weighted by atomic mass is 35.5. The van der Waals surface area contributed by atoms with Crippen LogP contribution in [0.5, 0.6) is 0 Å². The Morgan fingerprint density at radius 3 is 2.65 bits per heavy atom. The average Bonchev–Trinajstić information content (AvgIpc) is 2.66. The third-order valence-corrected chi connectivity index (χ3v) is 2.91. The zero-order valence-corrected chi connectivity index (χ0v) is 11.0. The Kier molecular flexibility index (Phi) is 5.20. The van der Waals surface area contributed by atoms with Crippen LogP contribution in [0.3, 0.4) is 0 Å². The predicted molar refractivity (Wildman–Crippen MR) is 69.8 cm³/mol. The van der Waals surface area contributed by atoms with Gasteiger partial charge >= 0.3 is 0 Å². The van der Waals surface area contributed by atoms with Crippen molar-refractivity contribution >= 4 is 18.2 Å². The van der Waals surface area contributed by atoms with Crippen molar-refractivity contribution in [1.82, 2.24) is 9.55 Å². The number of nitrogen functional groups attached to an aromatic ring is 1. The molecule has 9 nitrogen and oxygen atoms in total. The van der Waals surface area contributed by atoms with Crippen molar-refractivity contribution in [3.05, 3.63) is 28.4 Å². The summed E-state index contributed by atoms with van der Waals surface area (Å²) in [5.41, 5.74) is 4.22. The molecule has 0 bridgehead atoms. The topological polar surface area (TPSA) is 155 Å². The van der Waals surface area contributed by atoms with E-state index < -0.39 is 42.5 Å². The van der Waals surface area contributed by atoms with Gasteiger partial charge in [0.1, 0.15) is 24.1 Å². The van der Waals surface area contributed by atoms with E-state index in [9.17, 15) is 15.0 Å². The number of aliphatic hydroxyl groups excluding tert-OH is 3. The molecule has 0 amide bonds. The number of halogens is 1. The van der Waals surface area contributed by atoms with Gasteiger partial charge in [-0.15, -0.1) is 12.4 Å². The van der Waals surface area contributed by atoms with Crippen LogP contribution in [0.1, 0.15) is 11.9 Å². The summed E-state index contributed by atoms with van der Waals surface area (Å²) < 4.78 is 6.19. The smallest absolute Gasteiger partial charge is 0.282 e. The number of nitrogens with two attached hydrogens (primary N) is 1. The molecule has 0 aliphatic carbocycles. The summed E-state index contributed by atoms with van der Waals surface area (Å²) in [5, 5.41) is 35.6. The van der Waals surface area contributed by atoms with Gasteiger partial charge in [-0.3, -0.25) is 14.8 Å². The summed E-state index contributed by atoms with van der Waals surface area (Å²) in [6.07, 6.45) is -2.36. The molecule has 1 aromatic rings. The Balaban J connectivity index is 0.00000200. The summed E-state index contributed by atoms with van der Waals surface area (Å²) in [6.45, 7) is -0.492. The third-order valence-electron chi connectivity index (χ3n) is 2.91. The molecule has 0 unspecified atom stereocenters. The molecule has 4 atom stereocenters. The molecule has 0 aromatic carbocycles. The molecule has 1 aliphatic heterocycles. The molecule has 0 spiro atoms. The van der Waals surface area contributed by atoms with Crippen molar-refractivity contribution in [1.29, 1.82) is 5.41 Å². The van der Waals surface area contributed by atoms with E-state index in [0.29, 0.717) is 0 Å². The quantitative estimate of drug-likeness (QED) is 0.307. The van der Waals surface area contributed by atoms with Crippen molar-refractivity contribution in [3.8, 4) is 0 Å². The van der Waals surface area contributed by atoms with Gasteiger partial charge in [0.15, 0.2) is 11.9 Å². The molecule has 1 fully saturated rings. The van der Waals surface area contributed by atoms with Crippen LogP contribution < -0.4 is 11.3 Å². The molecule has 1 aromatic heterocycles. The number of aromatic nitrogens is 2. The largest absolute Gasteiger partial charge is 0.394 e. The first-order chi connectivity index (χ1) is 8.97. The van der Waals surface area contributed by atoms with Gasteiger partial charge in [-0.2, -0.15) is 0 Å². The molecular weight excluding hydrogens is 292 g/mol. The van der Waals surface area contributed by atoms with E-state index in [1.807, 2.05) is 0 Å². The Labute approximate surface area is 119 Å². The monoisotopic (exact) mass is 306 g/mol. The summed E-state index contributed by atoms with van der Waals surface area (Å²) in [4.78, 5) is 15.7. The highest BCUT2D eigenvalue weighted by Gasteiger charge is 2.43. The van der Waals surface area contributed by atoms with Crippen molar-refractivity contribution in [3.63, 3.8) is 0 Å². The summed E-state index contributed by atoms with van der Waals surface area (Å²) in [7, 11) is 0. The predicted octanol–water partition coefficient (Wildman–Crippen LogP) is -2.44. The Morgan fingerprint density at radius 1 is 1.50 bits per heavy atom. The van der Waals surface area contributed by atoms with Crippen LogP contribution in [-0.2, 0) is 4.74 Å². The minimum absolute atomic E-state index is 0. The van der Waals surface area contributed by atoms with Gasteiger partial charge in [-0.05, 0) is 0 Å². The Hall–Kier alpha value is -1.52. The van der Waals surface area contributed by atoms with Crippen molar-refractivity contribution in [2.45, 2.75) is 24.5 Å². The van der Waals surface area contributed by atoms with E-state index in [0.717, 1.165) is 4.57 Å². The number of nitrogens with one attached hydrogen (secondary N) is 1. The van der Waals surface area contributed by atoms with E-state index >= 15 is 0 Å². The minimum Gasteiger partial charge on any atom is -0.394 e. The average molecular weight is 307 g/mol.